The molecule has 3 heterocycles. The first-order valence-electron chi connectivity index (χ1n) is 7.71. The van der Waals surface area contributed by atoms with Gasteiger partial charge in [0.2, 0.25) is 5.91 Å². The molecule has 0 unspecified atom stereocenters. The molecule has 0 bridgehead atoms. The number of rotatable bonds is 5. The number of aromatic nitrogens is 3. The largest absolute Gasteiger partial charge is 0.378 e. The lowest BCUT2D eigenvalue weighted by Gasteiger charge is -2.34. The molecule has 0 spiro atoms. The van der Waals surface area contributed by atoms with Crippen LogP contribution in [0.3, 0.4) is 0 Å². The van der Waals surface area contributed by atoms with E-state index in [1.807, 2.05) is 13.0 Å². The van der Waals surface area contributed by atoms with Crippen molar-refractivity contribution in [2.45, 2.75) is 25.9 Å². The third kappa shape index (κ3) is 3.45. The van der Waals surface area contributed by atoms with Gasteiger partial charge in [0.15, 0.2) is 0 Å². The highest BCUT2D eigenvalue weighted by Gasteiger charge is 2.28. The molecule has 0 saturated carbocycles. The van der Waals surface area contributed by atoms with Gasteiger partial charge >= 0.3 is 0 Å². The van der Waals surface area contributed by atoms with Gasteiger partial charge in [-0.3, -0.25) is 14.4 Å². The van der Waals surface area contributed by atoms with Crippen molar-refractivity contribution in [3.63, 3.8) is 0 Å². The maximum atomic E-state index is 11.3. The number of nitrogens with two attached hydrogens (primary N) is 1. The van der Waals surface area contributed by atoms with Crippen molar-refractivity contribution in [3.05, 3.63) is 22.5 Å². The topological polar surface area (TPSA) is 99.4 Å². The van der Waals surface area contributed by atoms with Gasteiger partial charge in [0.05, 0.1) is 13.2 Å². The second-order valence-electron chi connectivity index (χ2n) is 5.93. The molecule has 24 heavy (non-hydrogen) atoms. The molecule has 0 aromatic carbocycles. The van der Waals surface area contributed by atoms with Crippen molar-refractivity contribution < 1.29 is 14.1 Å². The molecule has 1 amide bonds. The summed E-state index contributed by atoms with van der Waals surface area (Å²) in [5.74, 6) is 0.357. The molecule has 0 radical (unpaired) electrons. The summed E-state index contributed by atoms with van der Waals surface area (Å²) >= 11 is 6.44. The van der Waals surface area contributed by atoms with E-state index in [4.69, 9.17) is 26.6 Å². The van der Waals surface area contributed by atoms with E-state index in [0.717, 1.165) is 5.56 Å². The summed E-state index contributed by atoms with van der Waals surface area (Å²) in [6.07, 6.45) is 0.246. The third-order valence-electron chi connectivity index (χ3n) is 4.09. The predicted octanol–water partition coefficient (Wildman–Crippen LogP) is 1.11. The van der Waals surface area contributed by atoms with Crippen LogP contribution < -0.4 is 5.73 Å². The van der Waals surface area contributed by atoms with Gasteiger partial charge in [-0.15, -0.1) is 0 Å². The molecule has 130 valence electrons. The number of amides is 1. The maximum absolute atomic E-state index is 11.3. The molecule has 1 aliphatic rings. The van der Waals surface area contributed by atoms with Gasteiger partial charge < -0.3 is 15.0 Å². The predicted molar refractivity (Wildman–Crippen MR) is 87.3 cm³/mol. The van der Waals surface area contributed by atoms with Crippen LogP contribution in [0.2, 0.25) is 5.15 Å². The van der Waals surface area contributed by atoms with Crippen molar-refractivity contribution in [2.75, 3.05) is 19.8 Å². The number of morpholine rings is 1. The first-order valence-corrected chi connectivity index (χ1v) is 8.08. The molecule has 0 aliphatic carbocycles. The number of hydrogen-bond donors (Lipinski definition) is 1. The fraction of sp³-hybridized carbons (Fsp3) is 0.533. The minimum Gasteiger partial charge on any atom is -0.378 e. The van der Waals surface area contributed by atoms with Gasteiger partial charge in [-0.1, -0.05) is 16.8 Å². The second-order valence-corrected chi connectivity index (χ2v) is 6.29. The van der Waals surface area contributed by atoms with E-state index in [-0.39, 0.29) is 18.4 Å². The molecule has 1 saturated heterocycles. The molecule has 1 fully saturated rings. The SMILES string of the molecule is Cc1cc(-c2nn(C)c(Cl)c2CN2CCOC[C@H]2CC(N)=O)no1. The first kappa shape index (κ1) is 16.9. The summed E-state index contributed by atoms with van der Waals surface area (Å²) in [4.78, 5) is 13.4. The monoisotopic (exact) mass is 353 g/mol. The van der Waals surface area contributed by atoms with Crippen molar-refractivity contribution in [1.82, 2.24) is 19.8 Å². The Labute approximate surface area is 144 Å². The standard InChI is InChI=1S/C15H20ClN5O3/c1-9-5-12(19-24-9)14-11(15(16)20(2)18-14)7-21-3-4-23-8-10(21)6-13(17)22/h5,10H,3-4,6-8H2,1-2H3,(H2,17,22)/t10-/m1/s1. The number of nitrogens with zero attached hydrogens (tertiary/aromatic N) is 4. The molecule has 1 atom stereocenters. The quantitative estimate of drug-likeness (QED) is 0.864. The Bertz CT molecular complexity index is 742. The Morgan fingerprint density at radius 1 is 1.54 bits per heavy atom. The molecule has 2 N–H and O–H groups in total. The highest BCUT2D eigenvalue weighted by molar-refractivity contribution is 6.30. The summed E-state index contributed by atoms with van der Waals surface area (Å²) < 4.78 is 12.2. The summed E-state index contributed by atoms with van der Waals surface area (Å²) in [5.41, 5.74) is 7.53. The average molecular weight is 354 g/mol. The molecular formula is C15H20ClN5O3. The Kier molecular flexibility index (Phi) is 4.88. The minimum absolute atomic E-state index is 0.0700. The van der Waals surface area contributed by atoms with Crippen LogP contribution in [-0.2, 0) is 23.1 Å². The minimum atomic E-state index is -0.347. The Balaban J connectivity index is 1.89. The van der Waals surface area contributed by atoms with Gasteiger partial charge in [0, 0.05) is 44.2 Å². The van der Waals surface area contributed by atoms with E-state index in [1.165, 1.54) is 0 Å². The van der Waals surface area contributed by atoms with Crippen LogP contribution in [0.5, 0.6) is 0 Å². The number of halogens is 1. The highest BCUT2D eigenvalue weighted by Crippen LogP contribution is 2.30. The molecule has 3 rings (SSSR count). The zero-order valence-corrected chi connectivity index (χ0v) is 14.4. The van der Waals surface area contributed by atoms with Crippen LogP contribution in [0.1, 0.15) is 17.7 Å². The van der Waals surface area contributed by atoms with Crippen molar-refractivity contribution in [1.29, 1.82) is 0 Å². The lowest BCUT2D eigenvalue weighted by molar-refractivity contribution is -0.121. The second kappa shape index (κ2) is 6.92. The smallest absolute Gasteiger partial charge is 0.219 e. The Morgan fingerprint density at radius 3 is 3.00 bits per heavy atom. The normalized spacial score (nSPS) is 18.9. The van der Waals surface area contributed by atoms with Crippen LogP contribution in [0, 0.1) is 6.92 Å². The zero-order valence-electron chi connectivity index (χ0n) is 13.7. The maximum Gasteiger partial charge on any atom is 0.219 e. The van der Waals surface area contributed by atoms with Gasteiger partial charge in [-0.2, -0.15) is 5.10 Å². The van der Waals surface area contributed by atoms with Gasteiger partial charge in [-0.25, -0.2) is 0 Å². The van der Waals surface area contributed by atoms with E-state index < -0.39 is 0 Å². The van der Waals surface area contributed by atoms with Gasteiger partial charge in [0.25, 0.3) is 0 Å². The molecule has 2 aromatic heterocycles. The number of hydrogen-bond acceptors (Lipinski definition) is 6. The zero-order chi connectivity index (χ0) is 17.3. The van der Waals surface area contributed by atoms with E-state index >= 15 is 0 Å². The van der Waals surface area contributed by atoms with Crippen LogP contribution in [-0.4, -0.2) is 51.5 Å². The van der Waals surface area contributed by atoms with Crippen LogP contribution in [0.4, 0.5) is 0 Å². The van der Waals surface area contributed by atoms with Crippen LogP contribution in [0.15, 0.2) is 10.6 Å². The molecule has 2 aromatic rings. The van der Waals surface area contributed by atoms with E-state index in [1.54, 1.807) is 11.7 Å². The molecule has 9 heteroatoms. The molecule has 8 nitrogen and oxygen atoms in total. The number of aryl methyl sites for hydroxylation is 2. The number of ether oxygens (including phenoxy) is 1. The summed E-state index contributed by atoms with van der Waals surface area (Å²) in [6.45, 7) is 4.13. The molecular weight excluding hydrogens is 334 g/mol. The van der Waals surface area contributed by atoms with Crippen molar-refractivity contribution in [2.24, 2.45) is 12.8 Å². The van der Waals surface area contributed by atoms with Gasteiger partial charge in [-0.05, 0) is 6.92 Å². The summed E-state index contributed by atoms with van der Waals surface area (Å²) in [6, 6.07) is 1.75. The number of carbonyl (C=O) groups is 1. The van der Waals surface area contributed by atoms with E-state index in [0.29, 0.717) is 48.6 Å². The van der Waals surface area contributed by atoms with Crippen molar-refractivity contribution in [3.8, 4) is 11.4 Å². The Hall–Kier alpha value is -1.90. The number of primary amides is 1. The average Bonchev–Trinajstić information content (AvgIpc) is 3.07. The Morgan fingerprint density at radius 2 is 2.33 bits per heavy atom. The third-order valence-corrected chi connectivity index (χ3v) is 4.56. The lowest BCUT2D eigenvalue weighted by Crippen LogP contribution is -2.46. The summed E-state index contributed by atoms with van der Waals surface area (Å²) in [5, 5.41) is 9.03. The number of carbonyl (C=O) groups excluding carboxylic acids is 1. The van der Waals surface area contributed by atoms with E-state index in [9.17, 15) is 4.79 Å². The lowest BCUT2D eigenvalue weighted by atomic mass is 10.1. The van der Waals surface area contributed by atoms with E-state index in [2.05, 4.69) is 15.2 Å². The first-order chi connectivity index (χ1) is 11.5. The van der Waals surface area contributed by atoms with Crippen LogP contribution >= 0.6 is 11.6 Å². The highest BCUT2D eigenvalue weighted by atomic mass is 35.5. The molecule has 1 aliphatic heterocycles. The summed E-state index contributed by atoms with van der Waals surface area (Å²) in [7, 11) is 1.78. The van der Waals surface area contributed by atoms with Crippen LogP contribution in [0.25, 0.3) is 11.4 Å². The fourth-order valence-electron chi connectivity index (χ4n) is 2.89. The van der Waals surface area contributed by atoms with Gasteiger partial charge in [0.1, 0.15) is 22.3 Å². The van der Waals surface area contributed by atoms with Crippen molar-refractivity contribution >= 4 is 17.5 Å². The fourth-order valence-corrected chi connectivity index (χ4v) is 3.08.